The first-order chi connectivity index (χ1) is 11.9. The van der Waals surface area contributed by atoms with Crippen LogP contribution in [0.15, 0.2) is 18.2 Å². The summed E-state index contributed by atoms with van der Waals surface area (Å²) in [4.78, 5) is 26.9. The van der Waals surface area contributed by atoms with Crippen molar-refractivity contribution in [3.63, 3.8) is 0 Å². The summed E-state index contributed by atoms with van der Waals surface area (Å²) >= 11 is 0. The summed E-state index contributed by atoms with van der Waals surface area (Å²) in [5, 5.41) is 2.96. The standard InChI is InChI=1S/C21H32N2O3/c1-14(20(2,3)4)12-18(24)22-15-8-9-17-16(13-15)23(10-11-26-17)19(25)21(5,6)7/h8-9,13-14H,10-12H2,1-7H3,(H,22,24). The van der Waals surface area contributed by atoms with Crippen molar-refractivity contribution in [1.29, 1.82) is 0 Å². The van der Waals surface area contributed by atoms with E-state index in [0.29, 0.717) is 31.0 Å². The lowest BCUT2D eigenvalue weighted by molar-refractivity contribution is -0.126. The van der Waals surface area contributed by atoms with E-state index in [4.69, 9.17) is 4.74 Å². The quantitative estimate of drug-likeness (QED) is 0.865. The Morgan fingerprint density at radius 1 is 1.19 bits per heavy atom. The Balaban J connectivity index is 2.19. The van der Waals surface area contributed by atoms with Crippen molar-refractivity contribution in [2.75, 3.05) is 23.4 Å². The fraction of sp³-hybridized carbons (Fsp3) is 0.619. The molecule has 2 rings (SSSR count). The number of benzene rings is 1. The van der Waals surface area contributed by atoms with Gasteiger partial charge in [0.15, 0.2) is 0 Å². The molecule has 144 valence electrons. The van der Waals surface area contributed by atoms with E-state index in [9.17, 15) is 9.59 Å². The first-order valence-corrected chi connectivity index (χ1v) is 9.28. The molecule has 1 atom stereocenters. The lowest BCUT2D eigenvalue weighted by Gasteiger charge is -2.34. The third kappa shape index (κ3) is 4.77. The Hall–Kier alpha value is -2.04. The van der Waals surface area contributed by atoms with E-state index in [0.717, 1.165) is 5.69 Å². The van der Waals surface area contributed by atoms with E-state index in [1.807, 2.05) is 39.0 Å². The second-order valence-corrected chi connectivity index (χ2v) is 9.26. The fourth-order valence-corrected chi connectivity index (χ4v) is 2.71. The summed E-state index contributed by atoms with van der Waals surface area (Å²) in [6, 6.07) is 5.47. The second-order valence-electron chi connectivity index (χ2n) is 9.26. The molecule has 5 heteroatoms. The summed E-state index contributed by atoms with van der Waals surface area (Å²) in [7, 11) is 0. The number of amides is 2. The minimum absolute atomic E-state index is 0.0159. The number of carbonyl (C=O) groups excluding carboxylic acids is 2. The van der Waals surface area contributed by atoms with Gasteiger partial charge in [0.25, 0.3) is 0 Å². The Morgan fingerprint density at radius 2 is 1.85 bits per heavy atom. The molecule has 1 unspecified atom stereocenters. The smallest absolute Gasteiger partial charge is 0.232 e. The fourth-order valence-electron chi connectivity index (χ4n) is 2.71. The van der Waals surface area contributed by atoms with Gasteiger partial charge in [-0.3, -0.25) is 9.59 Å². The average molecular weight is 360 g/mol. The van der Waals surface area contributed by atoms with Crippen molar-refractivity contribution in [1.82, 2.24) is 0 Å². The average Bonchev–Trinajstić information content (AvgIpc) is 2.51. The molecule has 2 amide bonds. The number of carbonyl (C=O) groups is 2. The molecule has 0 bridgehead atoms. The normalized spacial score (nSPS) is 15.7. The van der Waals surface area contributed by atoms with Crippen LogP contribution in [0.25, 0.3) is 0 Å². The predicted molar refractivity (Wildman–Crippen MR) is 106 cm³/mol. The first-order valence-electron chi connectivity index (χ1n) is 9.28. The molecule has 0 saturated carbocycles. The molecule has 1 aliphatic rings. The van der Waals surface area contributed by atoms with E-state index in [1.54, 1.807) is 4.90 Å². The number of ether oxygens (including phenoxy) is 1. The summed E-state index contributed by atoms with van der Waals surface area (Å²) in [6.07, 6.45) is 0.460. The summed E-state index contributed by atoms with van der Waals surface area (Å²) in [5.41, 5.74) is 1.01. The Bertz CT molecular complexity index is 683. The molecule has 0 aromatic heterocycles. The van der Waals surface area contributed by atoms with Crippen LogP contribution in [0.5, 0.6) is 5.75 Å². The maximum absolute atomic E-state index is 12.8. The van der Waals surface area contributed by atoms with Crippen LogP contribution in [0.1, 0.15) is 54.9 Å². The molecular weight excluding hydrogens is 328 g/mol. The molecule has 1 aliphatic heterocycles. The highest BCUT2D eigenvalue weighted by molar-refractivity contribution is 6.00. The molecule has 0 saturated heterocycles. The summed E-state index contributed by atoms with van der Waals surface area (Å²) in [6.45, 7) is 15.2. The maximum atomic E-state index is 12.8. The van der Waals surface area contributed by atoms with Crippen molar-refractivity contribution in [2.24, 2.45) is 16.7 Å². The zero-order valence-corrected chi connectivity index (χ0v) is 17.1. The van der Waals surface area contributed by atoms with Gasteiger partial charge in [0.1, 0.15) is 12.4 Å². The number of hydrogen-bond acceptors (Lipinski definition) is 3. The van der Waals surface area contributed by atoms with Gasteiger partial charge in [-0.2, -0.15) is 0 Å². The van der Waals surface area contributed by atoms with Gasteiger partial charge in [0.2, 0.25) is 11.8 Å². The van der Waals surface area contributed by atoms with Crippen LogP contribution in [0.3, 0.4) is 0 Å². The summed E-state index contributed by atoms with van der Waals surface area (Å²) < 4.78 is 5.68. The molecule has 1 heterocycles. The predicted octanol–water partition coefficient (Wildman–Crippen LogP) is 4.47. The van der Waals surface area contributed by atoms with E-state index < -0.39 is 5.41 Å². The van der Waals surface area contributed by atoms with E-state index in [2.05, 4.69) is 33.0 Å². The SMILES string of the molecule is CC(CC(=O)Nc1ccc2c(c1)N(C(=O)C(C)(C)C)CCO2)C(C)(C)C. The number of anilines is 2. The monoisotopic (exact) mass is 360 g/mol. The Kier molecular flexibility index (Phi) is 5.69. The van der Waals surface area contributed by atoms with Gasteiger partial charge in [-0.05, 0) is 29.5 Å². The zero-order valence-electron chi connectivity index (χ0n) is 17.1. The van der Waals surface area contributed by atoms with Crippen molar-refractivity contribution >= 4 is 23.2 Å². The Labute approximate surface area is 157 Å². The lowest BCUT2D eigenvalue weighted by atomic mass is 9.80. The van der Waals surface area contributed by atoms with Gasteiger partial charge in [0.05, 0.1) is 12.2 Å². The van der Waals surface area contributed by atoms with Crippen molar-refractivity contribution in [2.45, 2.75) is 54.9 Å². The molecule has 0 radical (unpaired) electrons. The molecule has 1 aromatic rings. The van der Waals surface area contributed by atoms with Gasteiger partial charge < -0.3 is 15.0 Å². The minimum atomic E-state index is -0.476. The number of rotatable bonds is 3. The van der Waals surface area contributed by atoms with Crippen LogP contribution in [0, 0.1) is 16.7 Å². The highest BCUT2D eigenvalue weighted by atomic mass is 16.5. The second kappa shape index (κ2) is 7.29. The van der Waals surface area contributed by atoms with Crippen LogP contribution >= 0.6 is 0 Å². The minimum Gasteiger partial charge on any atom is -0.490 e. The molecule has 0 fully saturated rings. The van der Waals surface area contributed by atoms with Crippen LogP contribution in [0.4, 0.5) is 11.4 Å². The first kappa shape index (κ1) is 20.3. The van der Waals surface area contributed by atoms with Crippen LogP contribution in [0.2, 0.25) is 0 Å². The third-order valence-electron chi connectivity index (χ3n) is 4.96. The van der Waals surface area contributed by atoms with Crippen LogP contribution < -0.4 is 15.0 Å². The van der Waals surface area contributed by atoms with E-state index in [1.165, 1.54) is 0 Å². The number of nitrogens with zero attached hydrogens (tertiary/aromatic N) is 1. The van der Waals surface area contributed by atoms with E-state index in [-0.39, 0.29) is 23.1 Å². The van der Waals surface area contributed by atoms with Gasteiger partial charge in [-0.25, -0.2) is 0 Å². The van der Waals surface area contributed by atoms with Gasteiger partial charge in [-0.15, -0.1) is 0 Å². The highest BCUT2D eigenvalue weighted by Gasteiger charge is 2.32. The molecule has 26 heavy (non-hydrogen) atoms. The highest BCUT2D eigenvalue weighted by Crippen LogP contribution is 2.36. The number of nitrogens with one attached hydrogen (secondary N) is 1. The van der Waals surface area contributed by atoms with Gasteiger partial charge in [-0.1, -0.05) is 48.5 Å². The summed E-state index contributed by atoms with van der Waals surface area (Å²) in [5.74, 6) is 0.974. The third-order valence-corrected chi connectivity index (χ3v) is 4.96. The van der Waals surface area contributed by atoms with Crippen LogP contribution in [-0.4, -0.2) is 25.0 Å². The zero-order chi connectivity index (χ0) is 19.7. The molecule has 5 nitrogen and oxygen atoms in total. The van der Waals surface area contributed by atoms with Crippen LogP contribution in [-0.2, 0) is 9.59 Å². The van der Waals surface area contributed by atoms with Gasteiger partial charge in [0, 0.05) is 17.5 Å². The lowest BCUT2D eigenvalue weighted by Crippen LogP contribution is -2.44. The van der Waals surface area contributed by atoms with Crippen molar-refractivity contribution in [3.8, 4) is 5.75 Å². The van der Waals surface area contributed by atoms with Crippen molar-refractivity contribution in [3.05, 3.63) is 18.2 Å². The topological polar surface area (TPSA) is 58.6 Å². The number of fused-ring (bicyclic) bond motifs is 1. The molecule has 1 aromatic carbocycles. The Morgan fingerprint density at radius 3 is 2.42 bits per heavy atom. The van der Waals surface area contributed by atoms with Gasteiger partial charge >= 0.3 is 0 Å². The molecular formula is C21H32N2O3. The molecule has 1 N–H and O–H groups in total. The number of hydrogen-bond donors (Lipinski definition) is 1. The molecule has 0 aliphatic carbocycles. The molecule has 0 spiro atoms. The van der Waals surface area contributed by atoms with E-state index >= 15 is 0 Å². The van der Waals surface area contributed by atoms with Crippen molar-refractivity contribution < 1.29 is 14.3 Å². The maximum Gasteiger partial charge on any atom is 0.232 e. The largest absolute Gasteiger partial charge is 0.490 e.